The van der Waals surface area contributed by atoms with Gasteiger partial charge in [0.15, 0.2) is 28.5 Å². The van der Waals surface area contributed by atoms with Crippen molar-refractivity contribution < 1.29 is 75.0 Å². The summed E-state index contributed by atoms with van der Waals surface area (Å²) < 4.78 is 145. The van der Waals surface area contributed by atoms with Crippen molar-refractivity contribution >= 4 is 148 Å². The molecule has 7 aromatic rings. The average molecular weight is 1230 g/mol. The third-order valence-corrected chi connectivity index (χ3v) is 15.0. The van der Waals surface area contributed by atoms with Crippen LogP contribution in [0.1, 0.15) is 26.0 Å². The molecule has 1 atom stereocenters. The molecule has 1 unspecified atom stereocenters. The van der Waals surface area contributed by atoms with E-state index in [1.165, 1.54) is 30.3 Å². The third-order valence-electron chi connectivity index (χ3n) is 9.99. The quantitative estimate of drug-likeness (QED) is 0.00827. The third kappa shape index (κ3) is 16.8. The smallest absolute Gasteiger partial charge is 0.398 e. The highest BCUT2D eigenvalue weighted by molar-refractivity contribution is 7.92. The van der Waals surface area contributed by atoms with Crippen LogP contribution in [0.2, 0.25) is 5.28 Å². The van der Waals surface area contributed by atoms with E-state index < -0.39 is 83.6 Å². The van der Waals surface area contributed by atoms with Crippen molar-refractivity contribution in [1.82, 2.24) is 15.0 Å². The molecule has 7 rings (SSSR count). The number of fused-ring (bicyclic) bond motifs is 2. The van der Waals surface area contributed by atoms with Gasteiger partial charge in [-0.3, -0.25) is 28.2 Å². The number of phenols is 2. The zero-order valence-electron chi connectivity index (χ0n) is 39.4. The number of rotatable bonds is 21. The van der Waals surface area contributed by atoms with Crippen LogP contribution in [0, 0.1) is 13.8 Å². The summed E-state index contributed by atoms with van der Waals surface area (Å²) in [6.45, 7) is 9.15. The van der Waals surface area contributed by atoms with Crippen molar-refractivity contribution in [3.63, 3.8) is 0 Å². The summed E-state index contributed by atoms with van der Waals surface area (Å²) in [6, 6.07) is 17.8. The van der Waals surface area contributed by atoms with Crippen molar-refractivity contribution in [3.8, 4) is 11.5 Å². The Morgan fingerprint density at radius 3 is 1.96 bits per heavy atom. The van der Waals surface area contributed by atoms with E-state index in [4.69, 9.17) is 36.8 Å². The summed E-state index contributed by atoms with van der Waals surface area (Å²) in [6.07, 6.45) is 0. The lowest BCUT2D eigenvalue weighted by atomic mass is 10.0. The molecular weight excluding hydrogens is 1180 g/mol. The SMILES string of the molecule is C.C.C=C.Cc1cc(Nc2nc(Cl)nc(Nc3ccc4c(O)c(N=Nc5cc(NOCCS(=O)OCCl)ccc5S(=O)(=O)O)c(C)cc4c3)n2)c2c(O)c(N=Nc3ccc(S(=O)(=O)COS(=O)(=O)O)cc3)c(S(=O)(=O)O)cc2c1. The second-order valence-electron chi connectivity index (χ2n) is 15.3. The Morgan fingerprint density at radius 2 is 1.33 bits per heavy atom. The summed E-state index contributed by atoms with van der Waals surface area (Å²) in [4.78, 5) is 16.0. The van der Waals surface area contributed by atoms with E-state index >= 15 is 0 Å². The van der Waals surface area contributed by atoms with E-state index in [0.717, 1.165) is 36.4 Å². The number of alkyl halides is 1. The Bertz CT molecular complexity index is 3980. The minimum absolute atomic E-state index is 0. The molecule has 0 amide bonds. The summed E-state index contributed by atoms with van der Waals surface area (Å²) in [5.74, 6) is -2.90. The second-order valence-corrected chi connectivity index (χ2v) is 22.9. The van der Waals surface area contributed by atoms with Gasteiger partial charge >= 0.3 is 10.4 Å². The van der Waals surface area contributed by atoms with Crippen molar-refractivity contribution in [1.29, 1.82) is 0 Å². The number of benzene rings is 6. The Labute approximate surface area is 465 Å². The molecule has 79 heavy (non-hydrogen) atoms. The van der Waals surface area contributed by atoms with Gasteiger partial charge < -0.3 is 20.8 Å². The summed E-state index contributed by atoms with van der Waals surface area (Å²) in [5, 5.41) is 45.2. The van der Waals surface area contributed by atoms with Crippen LogP contribution in [0.15, 0.2) is 133 Å². The molecule has 34 heteroatoms. The van der Waals surface area contributed by atoms with E-state index in [2.05, 4.69) is 68.9 Å². The first-order valence-corrected chi connectivity index (χ1v) is 29.1. The van der Waals surface area contributed by atoms with E-state index in [-0.39, 0.29) is 101 Å². The lowest BCUT2D eigenvalue weighted by Crippen LogP contribution is -2.14. The molecule has 0 saturated carbocycles. The zero-order chi connectivity index (χ0) is 56.6. The predicted octanol–water partition coefficient (Wildman–Crippen LogP) is 10.5. The number of nitrogens with zero attached hydrogens (tertiary/aromatic N) is 7. The lowest BCUT2D eigenvalue weighted by molar-refractivity contribution is 0.210. The molecule has 0 aliphatic rings. The van der Waals surface area contributed by atoms with Gasteiger partial charge in [0.25, 0.3) is 20.2 Å². The van der Waals surface area contributed by atoms with Gasteiger partial charge in [0, 0.05) is 16.5 Å². The van der Waals surface area contributed by atoms with Gasteiger partial charge in [-0.1, -0.05) is 32.5 Å². The predicted molar refractivity (Wildman–Crippen MR) is 297 cm³/mol. The Balaban J connectivity index is 0.00000332. The number of hydrogen-bond acceptors (Lipinski definition) is 24. The van der Waals surface area contributed by atoms with Gasteiger partial charge in [0.1, 0.15) is 32.9 Å². The highest BCUT2D eigenvalue weighted by Crippen LogP contribution is 2.46. The number of aromatic nitrogens is 3. The largest absolute Gasteiger partial charge is 0.505 e. The van der Waals surface area contributed by atoms with Crippen LogP contribution >= 0.6 is 23.2 Å². The van der Waals surface area contributed by atoms with E-state index in [9.17, 15) is 57.2 Å². The molecular formula is C45H48Cl2N10O17S5. The average Bonchev–Trinajstić information content (AvgIpc) is 3.35. The molecule has 0 fully saturated rings. The van der Waals surface area contributed by atoms with Crippen molar-refractivity contribution in [3.05, 3.63) is 114 Å². The number of sulfone groups is 1. The maximum absolute atomic E-state index is 12.6. The molecule has 0 radical (unpaired) electrons. The van der Waals surface area contributed by atoms with Crippen LogP contribution in [0.25, 0.3) is 21.5 Å². The maximum Gasteiger partial charge on any atom is 0.398 e. The minimum atomic E-state index is -5.09. The molecule has 0 spiro atoms. The number of azo groups is 2. The van der Waals surface area contributed by atoms with Crippen molar-refractivity contribution in [2.75, 3.05) is 40.5 Å². The van der Waals surface area contributed by atoms with Gasteiger partial charge in [0.05, 0.1) is 34.3 Å². The lowest BCUT2D eigenvalue weighted by Gasteiger charge is -2.15. The van der Waals surface area contributed by atoms with Crippen LogP contribution in [-0.2, 0) is 64.8 Å². The Hall–Kier alpha value is -6.92. The molecule has 1 heterocycles. The first-order valence-electron chi connectivity index (χ1n) is 21.0. The minimum Gasteiger partial charge on any atom is -0.505 e. The fourth-order valence-corrected chi connectivity index (χ4v) is 10.6. The normalized spacial score (nSPS) is 12.4. The molecule has 0 bridgehead atoms. The van der Waals surface area contributed by atoms with Crippen molar-refractivity contribution in [2.45, 2.75) is 43.4 Å². The number of phenolic OH excluding ortho intramolecular Hbond substituents is 2. The zero-order valence-corrected chi connectivity index (χ0v) is 45.0. The molecule has 8 N–H and O–H groups in total. The first kappa shape index (κ1) is 64.6. The number of halogens is 2. The Morgan fingerprint density at radius 1 is 0.696 bits per heavy atom. The highest BCUT2D eigenvalue weighted by atomic mass is 35.5. The van der Waals surface area contributed by atoms with Gasteiger partial charge in [0.2, 0.25) is 27.0 Å². The highest BCUT2D eigenvalue weighted by Gasteiger charge is 2.25. The van der Waals surface area contributed by atoms with Crippen LogP contribution in [0.3, 0.4) is 0 Å². The summed E-state index contributed by atoms with van der Waals surface area (Å²) >= 11 is 10.0. The van der Waals surface area contributed by atoms with E-state index in [1.807, 2.05) is 0 Å². The number of anilines is 5. The summed E-state index contributed by atoms with van der Waals surface area (Å²) in [5.41, 5.74) is 2.86. The number of nitrogens with one attached hydrogen (secondary N) is 3. The van der Waals surface area contributed by atoms with Gasteiger partial charge in [-0.05, 0) is 126 Å². The summed E-state index contributed by atoms with van der Waals surface area (Å²) in [7, 11) is -19.4. The van der Waals surface area contributed by atoms with Crippen molar-refractivity contribution in [2.24, 2.45) is 20.5 Å². The molecule has 27 nitrogen and oxygen atoms in total. The van der Waals surface area contributed by atoms with Crippen LogP contribution in [0.4, 0.5) is 51.7 Å². The van der Waals surface area contributed by atoms with Gasteiger partial charge in [-0.15, -0.1) is 28.5 Å². The topological polar surface area (TPSA) is 407 Å². The first-order chi connectivity index (χ1) is 36.2. The number of aromatic hydroxyl groups is 2. The molecule has 424 valence electrons. The Kier molecular flexibility index (Phi) is 21.9. The van der Waals surface area contributed by atoms with Crippen LogP contribution in [-0.4, -0.2) is 101 Å². The maximum atomic E-state index is 12.6. The molecule has 1 aromatic heterocycles. The van der Waals surface area contributed by atoms with Gasteiger partial charge in [-0.25, -0.2) is 16.8 Å². The second kappa shape index (κ2) is 26.8. The van der Waals surface area contributed by atoms with E-state index in [1.54, 1.807) is 32.0 Å². The molecule has 6 aromatic carbocycles. The standard InChI is InChI=1S/C41H36Cl2N10O17S5.C2H4.2CH4/c1-21-13-24-17-33(74(62,63)64)36(52-49-25-3-7-28(8-4-25)72(57,58)20-70-75(65,66)67)38(55)34(24)31(14-21)45-41-47-39(43)46-40(48-41)44-26-5-9-29-23(16-26)15-22(2)35(37(29)54)51-50-30-18-27(6-10-32(30)73(59,60)61)53-68-11-12-71(56)69-19-42;1-2;;/h3-10,13-18,53-55H,11-12,19-20H2,1-2H3,(H,59,60,61)(H,62,63,64)(H,65,66,67)(H2,44,45,46,47,48);1-2H2;2*1H4. The fraction of sp³-hybridized carbons (Fsp3) is 0.178. The van der Waals surface area contributed by atoms with Crippen LogP contribution in [0.5, 0.6) is 11.5 Å². The molecule has 0 aliphatic carbocycles. The number of aryl methyl sites for hydroxylation is 2. The van der Waals surface area contributed by atoms with Gasteiger partial charge in [-0.2, -0.15) is 45.3 Å². The monoisotopic (exact) mass is 1230 g/mol. The molecule has 0 saturated heterocycles. The molecule has 0 aliphatic heterocycles. The van der Waals surface area contributed by atoms with Crippen LogP contribution < -0.4 is 16.1 Å². The fourth-order valence-electron chi connectivity index (χ4n) is 6.81. The number of hydrogen-bond donors (Lipinski definition) is 8. The van der Waals surface area contributed by atoms with E-state index in [0.29, 0.717) is 22.2 Å².